The minimum absolute atomic E-state index is 0.0367. The molecule has 2 aromatic carbocycles. The number of piperidine rings is 1. The van der Waals surface area contributed by atoms with Crippen LogP contribution in [0.25, 0.3) is 0 Å². The van der Waals surface area contributed by atoms with Crippen molar-refractivity contribution in [2.75, 3.05) is 25.9 Å². The lowest BCUT2D eigenvalue weighted by molar-refractivity contribution is -0.928. The molecule has 0 atom stereocenters. The third kappa shape index (κ3) is 5.93. The van der Waals surface area contributed by atoms with Crippen LogP contribution in [0.2, 0.25) is 0 Å². The number of benzene rings is 2. The van der Waals surface area contributed by atoms with E-state index in [1.54, 1.807) is 12.1 Å². The van der Waals surface area contributed by atoms with Crippen molar-refractivity contribution < 1.29 is 12.9 Å². The Balaban J connectivity index is 1.53. The van der Waals surface area contributed by atoms with Crippen molar-refractivity contribution >= 4 is 9.84 Å². The second-order valence-electron chi connectivity index (χ2n) is 10.0. The van der Waals surface area contributed by atoms with Crippen molar-refractivity contribution in [3.63, 3.8) is 0 Å². The molecule has 0 bridgehead atoms. The number of nitrogens with zero attached hydrogens (tertiary/aromatic N) is 1. The SMILES string of the molecule is CC(C)(C)c1ccc(S(=O)(=O)CCC2CC[N+](C)(Cc3ccccc3)CC2)cc1. The Labute approximate surface area is 177 Å². The van der Waals surface area contributed by atoms with Gasteiger partial charge in [-0.25, -0.2) is 8.42 Å². The van der Waals surface area contributed by atoms with Crippen LogP contribution in [0, 0.1) is 5.92 Å². The van der Waals surface area contributed by atoms with Gasteiger partial charge in [-0.2, -0.15) is 0 Å². The lowest BCUT2D eigenvalue weighted by Crippen LogP contribution is -2.49. The molecule has 29 heavy (non-hydrogen) atoms. The molecule has 0 unspecified atom stereocenters. The van der Waals surface area contributed by atoms with Gasteiger partial charge in [-0.1, -0.05) is 63.2 Å². The molecule has 3 nitrogen and oxygen atoms in total. The summed E-state index contributed by atoms with van der Waals surface area (Å²) in [7, 11) is -0.874. The van der Waals surface area contributed by atoms with Gasteiger partial charge in [-0.15, -0.1) is 0 Å². The molecule has 0 spiro atoms. The predicted octanol–water partition coefficient (Wildman–Crippen LogP) is 5.20. The average molecular weight is 415 g/mol. The van der Waals surface area contributed by atoms with E-state index in [1.165, 1.54) is 11.1 Å². The fraction of sp³-hybridized carbons (Fsp3) is 0.520. The summed E-state index contributed by atoms with van der Waals surface area (Å²) < 4.78 is 26.7. The van der Waals surface area contributed by atoms with Crippen LogP contribution in [0.4, 0.5) is 0 Å². The molecule has 1 aliphatic rings. The fourth-order valence-electron chi connectivity index (χ4n) is 4.32. The summed E-state index contributed by atoms with van der Waals surface area (Å²) in [5.74, 6) is 0.773. The van der Waals surface area contributed by atoms with E-state index in [9.17, 15) is 8.42 Å². The zero-order valence-electron chi connectivity index (χ0n) is 18.4. The van der Waals surface area contributed by atoms with Crippen molar-refractivity contribution in [3.05, 3.63) is 65.7 Å². The summed E-state index contributed by atoms with van der Waals surface area (Å²) in [5, 5.41) is 0. The number of hydrogen-bond donors (Lipinski definition) is 0. The highest BCUT2D eigenvalue weighted by molar-refractivity contribution is 7.91. The highest BCUT2D eigenvalue weighted by Gasteiger charge is 2.31. The number of quaternary nitrogens is 1. The van der Waals surface area contributed by atoms with E-state index in [2.05, 4.69) is 58.2 Å². The van der Waals surface area contributed by atoms with Crippen LogP contribution < -0.4 is 0 Å². The molecule has 0 aromatic heterocycles. The van der Waals surface area contributed by atoms with Gasteiger partial charge in [0, 0.05) is 5.56 Å². The molecule has 1 aliphatic heterocycles. The Morgan fingerprint density at radius 3 is 2.07 bits per heavy atom. The highest BCUT2D eigenvalue weighted by Crippen LogP contribution is 2.28. The van der Waals surface area contributed by atoms with E-state index in [-0.39, 0.29) is 11.2 Å². The second kappa shape index (κ2) is 8.61. The molecule has 3 rings (SSSR count). The molecule has 1 fully saturated rings. The number of sulfone groups is 1. The van der Waals surface area contributed by atoms with Gasteiger partial charge in [0.2, 0.25) is 0 Å². The minimum Gasteiger partial charge on any atom is -0.322 e. The van der Waals surface area contributed by atoms with Crippen LogP contribution in [-0.2, 0) is 21.8 Å². The standard InChI is InChI=1S/C25H36NO2S/c1-25(2,3)23-10-12-24(13-11-23)29(27,28)19-16-21-14-17-26(4,18-15-21)20-22-8-6-5-7-9-22/h5-13,21H,14-20H2,1-4H3/q+1. The van der Waals surface area contributed by atoms with Crippen LogP contribution in [0.3, 0.4) is 0 Å². The number of likely N-dealkylation sites (tertiary alicyclic amines) is 1. The molecule has 1 heterocycles. The van der Waals surface area contributed by atoms with Gasteiger partial charge in [0.05, 0.1) is 30.8 Å². The first-order valence-electron chi connectivity index (χ1n) is 10.8. The molecule has 0 aliphatic carbocycles. The molecular formula is C25H36NO2S+. The average Bonchev–Trinajstić information content (AvgIpc) is 2.68. The summed E-state index contributed by atoms with van der Waals surface area (Å²) in [4.78, 5) is 0.464. The Hall–Kier alpha value is -1.65. The molecular weight excluding hydrogens is 378 g/mol. The van der Waals surface area contributed by atoms with Crippen molar-refractivity contribution in [2.45, 2.75) is 56.9 Å². The summed E-state index contributed by atoms with van der Waals surface area (Å²) in [6.07, 6.45) is 3.00. The van der Waals surface area contributed by atoms with E-state index in [0.29, 0.717) is 10.8 Å². The lowest BCUT2D eigenvalue weighted by atomic mass is 9.87. The zero-order valence-corrected chi connectivity index (χ0v) is 19.2. The van der Waals surface area contributed by atoms with Gasteiger partial charge in [0.25, 0.3) is 0 Å². The van der Waals surface area contributed by atoms with Crippen LogP contribution in [0.15, 0.2) is 59.5 Å². The maximum atomic E-state index is 12.8. The third-order valence-corrected chi connectivity index (χ3v) is 8.20. The molecule has 2 aromatic rings. The monoisotopic (exact) mass is 414 g/mol. The predicted molar refractivity (Wildman–Crippen MR) is 121 cm³/mol. The maximum absolute atomic E-state index is 12.8. The van der Waals surface area contributed by atoms with Crippen LogP contribution in [0.5, 0.6) is 0 Å². The topological polar surface area (TPSA) is 34.1 Å². The van der Waals surface area contributed by atoms with E-state index < -0.39 is 9.84 Å². The third-order valence-electron chi connectivity index (χ3n) is 6.44. The van der Waals surface area contributed by atoms with Crippen LogP contribution >= 0.6 is 0 Å². The maximum Gasteiger partial charge on any atom is 0.178 e. The Morgan fingerprint density at radius 2 is 1.52 bits per heavy atom. The Bertz CT molecular complexity index is 888. The molecule has 0 amide bonds. The summed E-state index contributed by atoms with van der Waals surface area (Å²) in [5.41, 5.74) is 2.59. The molecule has 0 saturated carbocycles. The van der Waals surface area contributed by atoms with E-state index in [4.69, 9.17) is 0 Å². The fourth-order valence-corrected chi connectivity index (χ4v) is 5.75. The van der Waals surface area contributed by atoms with Crippen molar-refractivity contribution in [2.24, 2.45) is 5.92 Å². The van der Waals surface area contributed by atoms with Gasteiger partial charge < -0.3 is 4.48 Å². The van der Waals surface area contributed by atoms with Crippen molar-refractivity contribution in [1.29, 1.82) is 0 Å². The van der Waals surface area contributed by atoms with Crippen LogP contribution in [-0.4, -0.2) is 38.8 Å². The van der Waals surface area contributed by atoms with Crippen molar-refractivity contribution in [3.8, 4) is 0 Å². The number of hydrogen-bond acceptors (Lipinski definition) is 2. The van der Waals surface area contributed by atoms with Gasteiger partial charge in [-0.05, 0) is 48.3 Å². The molecule has 4 heteroatoms. The largest absolute Gasteiger partial charge is 0.322 e. The number of rotatable bonds is 6. The second-order valence-corrected chi connectivity index (χ2v) is 12.1. The molecule has 1 saturated heterocycles. The Morgan fingerprint density at radius 1 is 0.931 bits per heavy atom. The molecule has 0 N–H and O–H groups in total. The van der Waals surface area contributed by atoms with Crippen LogP contribution in [0.1, 0.15) is 51.2 Å². The Kier molecular flexibility index (Phi) is 6.54. The van der Waals surface area contributed by atoms with E-state index >= 15 is 0 Å². The normalized spacial score (nSPS) is 23.1. The summed E-state index contributed by atoms with van der Waals surface area (Å²) in [6, 6.07) is 18.2. The smallest absolute Gasteiger partial charge is 0.178 e. The van der Waals surface area contributed by atoms with Gasteiger partial charge >= 0.3 is 0 Å². The quantitative estimate of drug-likeness (QED) is 0.609. The van der Waals surface area contributed by atoms with Gasteiger partial charge in [0.15, 0.2) is 9.84 Å². The molecule has 158 valence electrons. The van der Waals surface area contributed by atoms with E-state index in [0.717, 1.165) is 43.4 Å². The summed E-state index contributed by atoms with van der Waals surface area (Å²) in [6.45, 7) is 9.74. The first kappa shape index (κ1) is 22.0. The van der Waals surface area contributed by atoms with Crippen molar-refractivity contribution in [1.82, 2.24) is 0 Å². The molecule has 0 radical (unpaired) electrons. The minimum atomic E-state index is -3.20. The summed E-state index contributed by atoms with van der Waals surface area (Å²) >= 11 is 0. The van der Waals surface area contributed by atoms with E-state index in [1.807, 2.05) is 12.1 Å². The van der Waals surface area contributed by atoms with Gasteiger partial charge in [-0.3, -0.25) is 0 Å². The zero-order chi connectivity index (χ0) is 21.1. The lowest BCUT2D eigenvalue weighted by Gasteiger charge is -2.40. The highest BCUT2D eigenvalue weighted by atomic mass is 32.2. The van der Waals surface area contributed by atoms with Gasteiger partial charge in [0.1, 0.15) is 6.54 Å². The first-order chi connectivity index (χ1) is 13.6. The first-order valence-corrected chi connectivity index (χ1v) is 12.4.